The molecule has 0 unspecified atom stereocenters. The van der Waals surface area contributed by atoms with Crippen LogP contribution in [0.15, 0.2) is 42.5 Å². The van der Waals surface area contributed by atoms with Crippen molar-refractivity contribution in [2.75, 3.05) is 19.0 Å². The Hall–Kier alpha value is -3.42. The summed E-state index contributed by atoms with van der Waals surface area (Å²) in [5.41, 5.74) is 2.57. The maximum absolute atomic E-state index is 13.0. The third-order valence-electron chi connectivity index (χ3n) is 4.10. The highest BCUT2D eigenvalue weighted by molar-refractivity contribution is 5.91. The Labute approximate surface area is 162 Å². The Kier molecular flexibility index (Phi) is 6.21. The molecule has 0 aliphatic heterocycles. The number of aryl methyl sites for hydroxylation is 1. The van der Waals surface area contributed by atoms with E-state index in [9.17, 15) is 9.18 Å². The number of halogens is 1. The van der Waals surface area contributed by atoms with Gasteiger partial charge in [-0.2, -0.15) is 5.10 Å². The monoisotopic (exact) mass is 383 g/mol. The smallest absolute Gasteiger partial charge is 0.319 e. The van der Waals surface area contributed by atoms with E-state index in [0.717, 1.165) is 11.1 Å². The summed E-state index contributed by atoms with van der Waals surface area (Å²) in [4.78, 5) is 16.5. The van der Waals surface area contributed by atoms with Gasteiger partial charge in [0.25, 0.3) is 0 Å². The van der Waals surface area contributed by atoms with Crippen LogP contribution in [0.3, 0.4) is 0 Å². The van der Waals surface area contributed by atoms with E-state index in [-0.39, 0.29) is 11.8 Å². The number of urea groups is 1. The van der Waals surface area contributed by atoms with E-state index >= 15 is 0 Å². The molecule has 3 aromatic rings. The molecule has 7 nitrogen and oxygen atoms in total. The number of nitrogens with zero attached hydrogens (tertiary/aromatic N) is 2. The molecule has 0 bridgehead atoms. The maximum Gasteiger partial charge on any atom is 0.319 e. The predicted octanol–water partition coefficient (Wildman–Crippen LogP) is 3.22. The normalized spacial score (nSPS) is 10.5. The third-order valence-corrected chi connectivity index (χ3v) is 4.10. The standard InChI is InChI=1S/C20H22FN5O2/c1-13-3-8-17(28-2)16(11-13)23-20(27)22-10-9-18-24-19(26-25-18)12-14-4-6-15(21)7-5-14/h3-8,11H,9-10,12H2,1-2H3,(H2,22,23,27)(H,24,25,26). The highest BCUT2D eigenvalue weighted by atomic mass is 19.1. The lowest BCUT2D eigenvalue weighted by Gasteiger charge is -2.11. The molecule has 146 valence electrons. The number of H-pyrrole nitrogens is 1. The van der Waals surface area contributed by atoms with Gasteiger partial charge in [-0.1, -0.05) is 18.2 Å². The Morgan fingerprint density at radius 3 is 2.75 bits per heavy atom. The highest BCUT2D eigenvalue weighted by Crippen LogP contribution is 2.24. The number of rotatable bonds is 7. The summed E-state index contributed by atoms with van der Waals surface area (Å²) in [6.07, 6.45) is 1.02. The van der Waals surface area contributed by atoms with Crippen molar-refractivity contribution in [3.05, 3.63) is 71.1 Å². The van der Waals surface area contributed by atoms with Gasteiger partial charge in [-0.25, -0.2) is 14.2 Å². The molecule has 2 aromatic carbocycles. The molecular formula is C20H22FN5O2. The molecule has 0 spiro atoms. The number of hydrogen-bond donors (Lipinski definition) is 3. The van der Waals surface area contributed by atoms with Crippen molar-refractivity contribution in [3.63, 3.8) is 0 Å². The highest BCUT2D eigenvalue weighted by Gasteiger charge is 2.09. The Balaban J connectivity index is 1.47. The minimum Gasteiger partial charge on any atom is -0.495 e. The summed E-state index contributed by atoms with van der Waals surface area (Å²) in [6, 6.07) is 11.5. The van der Waals surface area contributed by atoms with Gasteiger partial charge in [-0.05, 0) is 42.3 Å². The van der Waals surface area contributed by atoms with E-state index in [0.29, 0.717) is 42.5 Å². The Morgan fingerprint density at radius 2 is 2.00 bits per heavy atom. The van der Waals surface area contributed by atoms with E-state index in [4.69, 9.17) is 4.74 Å². The number of nitrogens with one attached hydrogen (secondary N) is 3. The van der Waals surface area contributed by atoms with Gasteiger partial charge in [0.2, 0.25) is 0 Å². The molecule has 1 heterocycles. The second kappa shape index (κ2) is 8.98. The van der Waals surface area contributed by atoms with Crippen molar-refractivity contribution < 1.29 is 13.9 Å². The van der Waals surface area contributed by atoms with Crippen molar-refractivity contribution in [2.45, 2.75) is 19.8 Å². The van der Waals surface area contributed by atoms with Gasteiger partial charge in [0.15, 0.2) is 5.82 Å². The fraction of sp³-hybridized carbons (Fsp3) is 0.250. The van der Waals surface area contributed by atoms with Crippen LogP contribution in [-0.2, 0) is 12.8 Å². The first-order valence-electron chi connectivity index (χ1n) is 8.87. The van der Waals surface area contributed by atoms with Crippen LogP contribution in [0, 0.1) is 12.7 Å². The van der Waals surface area contributed by atoms with Gasteiger partial charge < -0.3 is 15.4 Å². The molecule has 0 aliphatic rings. The molecule has 0 aliphatic carbocycles. The molecule has 0 saturated heterocycles. The number of benzene rings is 2. The minimum absolute atomic E-state index is 0.269. The topological polar surface area (TPSA) is 91.9 Å². The van der Waals surface area contributed by atoms with Gasteiger partial charge in [0, 0.05) is 19.4 Å². The quantitative estimate of drug-likeness (QED) is 0.584. The van der Waals surface area contributed by atoms with Crippen LogP contribution in [0.2, 0.25) is 0 Å². The number of amides is 2. The van der Waals surface area contributed by atoms with Crippen LogP contribution in [0.1, 0.15) is 22.8 Å². The molecule has 0 fully saturated rings. The first kappa shape index (κ1) is 19.3. The van der Waals surface area contributed by atoms with Gasteiger partial charge >= 0.3 is 6.03 Å². The fourth-order valence-electron chi connectivity index (χ4n) is 2.70. The first-order chi connectivity index (χ1) is 13.5. The van der Waals surface area contributed by atoms with Crippen molar-refractivity contribution in [3.8, 4) is 5.75 Å². The van der Waals surface area contributed by atoms with Crippen molar-refractivity contribution in [2.24, 2.45) is 0 Å². The molecule has 28 heavy (non-hydrogen) atoms. The molecule has 3 rings (SSSR count). The lowest BCUT2D eigenvalue weighted by atomic mass is 10.1. The van der Waals surface area contributed by atoms with Gasteiger partial charge in [0.1, 0.15) is 17.4 Å². The first-order valence-corrected chi connectivity index (χ1v) is 8.87. The van der Waals surface area contributed by atoms with Crippen LogP contribution in [0.4, 0.5) is 14.9 Å². The number of aromatic amines is 1. The lowest BCUT2D eigenvalue weighted by molar-refractivity contribution is 0.252. The summed E-state index contributed by atoms with van der Waals surface area (Å²) in [6.45, 7) is 2.32. The number of ether oxygens (including phenoxy) is 1. The summed E-state index contributed by atoms with van der Waals surface area (Å²) in [7, 11) is 1.56. The second-order valence-corrected chi connectivity index (χ2v) is 6.34. The largest absolute Gasteiger partial charge is 0.495 e. The maximum atomic E-state index is 13.0. The zero-order valence-corrected chi connectivity index (χ0v) is 15.8. The predicted molar refractivity (Wildman–Crippen MR) is 104 cm³/mol. The Bertz CT molecular complexity index is 940. The molecule has 8 heteroatoms. The van der Waals surface area contributed by atoms with Crippen LogP contribution >= 0.6 is 0 Å². The summed E-state index contributed by atoms with van der Waals surface area (Å²) >= 11 is 0. The van der Waals surface area contributed by atoms with E-state index in [1.807, 2.05) is 19.1 Å². The molecule has 0 saturated carbocycles. The van der Waals surface area contributed by atoms with Crippen LogP contribution in [0.25, 0.3) is 0 Å². The van der Waals surface area contributed by atoms with E-state index in [2.05, 4.69) is 25.8 Å². The Morgan fingerprint density at radius 1 is 1.21 bits per heavy atom. The number of carbonyl (C=O) groups is 1. The van der Waals surface area contributed by atoms with Crippen LogP contribution in [0.5, 0.6) is 5.75 Å². The summed E-state index contributed by atoms with van der Waals surface area (Å²) in [5, 5.41) is 12.6. The van der Waals surface area contributed by atoms with E-state index in [1.54, 1.807) is 25.3 Å². The average Bonchev–Trinajstić information content (AvgIpc) is 3.11. The van der Waals surface area contributed by atoms with Crippen molar-refractivity contribution in [1.82, 2.24) is 20.5 Å². The zero-order chi connectivity index (χ0) is 19.9. The molecule has 1 aromatic heterocycles. The number of aromatic nitrogens is 3. The van der Waals surface area contributed by atoms with Crippen molar-refractivity contribution in [1.29, 1.82) is 0 Å². The van der Waals surface area contributed by atoms with Crippen LogP contribution < -0.4 is 15.4 Å². The van der Waals surface area contributed by atoms with E-state index < -0.39 is 0 Å². The van der Waals surface area contributed by atoms with Gasteiger partial charge in [0.05, 0.1) is 12.8 Å². The number of anilines is 1. The molecule has 3 N–H and O–H groups in total. The van der Waals surface area contributed by atoms with Crippen molar-refractivity contribution >= 4 is 11.7 Å². The number of hydrogen-bond acceptors (Lipinski definition) is 4. The van der Waals surface area contributed by atoms with Gasteiger partial charge in [-0.3, -0.25) is 5.10 Å². The SMILES string of the molecule is COc1ccc(C)cc1NC(=O)NCCc1n[nH]c(Cc2ccc(F)cc2)n1. The summed E-state index contributed by atoms with van der Waals surface area (Å²) < 4.78 is 18.2. The lowest BCUT2D eigenvalue weighted by Crippen LogP contribution is -2.30. The van der Waals surface area contributed by atoms with E-state index in [1.165, 1.54) is 12.1 Å². The molecule has 0 radical (unpaired) electrons. The zero-order valence-electron chi connectivity index (χ0n) is 15.8. The molecule has 2 amide bonds. The van der Waals surface area contributed by atoms with Crippen LogP contribution in [-0.4, -0.2) is 34.9 Å². The fourth-order valence-corrected chi connectivity index (χ4v) is 2.70. The number of carbonyl (C=O) groups excluding carboxylic acids is 1. The van der Waals surface area contributed by atoms with Gasteiger partial charge in [-0.15, -0.1) is 0 Å². The minimum atomic E-state index is -0.328. The summed E-state index contributed by atoms with van der Waals surface area (Å²) in [5.74, 6) is 1.62. The molecular weight excluding hydrogens is 361 g/mol. The molecule has 0 atom stereocenters. The number of methoxy groups -OCH3 is 1. The second-order valence-electron chi connectivity index (χ2n) is 6.34. The third kappa shape index (κ3) is 5.29. The average molecular weight is 383 g/mol.